The van der Waals surface area contributed by atoms with E-state index in [4.69, 9.17) is 4.74 Å². The lowest BCUT2D eigenvalue weighted by Crippen LogP contribution is -2.16. The van der Waals surface area contributed by atoms with E-state index < -0.39 is 5.41 Å². The number of esters is 1. The highest BCUT2D eigenvalue weighted by atomic mass is 16.6. The van der Waals surface area contributed by atoms with Gasteiger partial charge < -0.3 is 4.74 Å². The fourth-order valence-corrected chi connectivity index (χ4v) is 1.52. The van der Waals surface area contributed by atoms with Crippen molar-refractivity contribution in [2.75, 3.05) is 0 Å². The average molecular weight is 184 g/mol. The zero-order chi connectivity index (χ0) is 10.1. The van der Waals surface area contributed by atoms with Crippen molar-refractivity contribution in [1.82, 2.24) is 0 Å². The van der Waals surface area contributed by atoms with Crippen LogP contribution in [0.5, 0.6) is 0 Å². The van der Waals surface area contributed by atoms with Crippen molar-refractivity contribution in [3.05, 3.63) is 0 Å². The topological polar surface area (TPSA) is 43.4 Å². The Morgan fingerprint density at radius 1 is 1.62 bits per heavy atom. The third-order valence-corrected chi connectivity index (χ3v) is 2.41. The Bertz CT molecular complexity index is 230. The SMILES string of the molecule is CCC(=O)CC1CC(C)(C)C(=O)O1. The molecule has 0 aliphatic carbocycles. The fraction of sp³-hybridized carbons (Fsp3) is 0.800. The smallest absolute Gasteiger partial charge is 0.311 e. The van der Waals surface area contributed by atoms with Crippen molar-refractivity contribution in [2.24, 2.45) is 5.41 Å². The molecule has 0 aromatic carbocycles. The minimum Gasteiger partial charge on any atom is -0.461 e. The molecule has 13 heavy (non-hydrogen) atoms. The lowest BCUT2D eigenvalue weighted by Gasteiger charge is -2.09. The molecule has 0 spiro atoms. The van der Waals surface area contributed by atoms with Gasteiger partial charge in [-0.25, -0.2) is 0 Å². The van der Waals surface area contributed by atoms with E-state index in [0.29, 0.717) is 19.3 Å². The summed E-state index contributed by atoms with van der Waals surface area (Å²) in [6.45, 7) is 5.53. The van der Waals surface area contributed by atoms with Crippen LogP contribution in [-0.2, 0) is 14.3 Å². The van der Waals surface area contributed by atoms with E-state index in [-0.39, 0.29) is 17.9 Å². The van der Waals surface area contributed by atoms with E-state index in [2.05, 4.69) is 0 Å². The summed E-state index contributed by atoms with van der Waals surface area (Å²) >= 11 is 0. The Kier molecular flexibility index (Phi) is 2.74. The molecule has 1 saturated heterocycles. The highest BCUT2D eigenvalue weighted by Gasteiger charge is 2.41. The monoisotopic (exact) mass is 184 g/mol. The molecule has 74 valence electrons. The second-order valence-corrected chi connectivity index (χ2v) is 4.21. The number of cyclic esters (lactones) is 1. The zero-order valence-corrected chi connectivity index (χ0v) is 8.42. The van der Waals surface area contributed by atoms with Crippen molar-refractivity contribution >= 4 is 11.8 Å². The van der Waals surface area contributed by atoms with Gasteiger partial charge in [0.15, 0.2) is 0 Å². The first-order chi connectivity index (χ1) is 5.95. The molecular formula is C10H16O3. The Morgan fingerprint density at radius 2 is 2.23 bits per heavy atom. The van der Waals surface area contributed by atoms with Crippen LogP contribution in [0.2, 0.25) is 0 Å². The lowest BCUT2D eigenvalue weighted by atomic mass is 9.88. The Morgan fingerprint density at radius 3 is 2.62 bits per heavy atom. The van der Waals surface area contributed by atoms with Crippen LogP contribution in [0, 0.1) is 5.41 Å². The van der Waals surface area contributed by atoms with Crippen LogP contribution in [0.3, 0.4) is 0 Å². The van der Waals surface area contributed by atoms with E-state index in [0.717, 1.165) is 0 Å². The summed E-state index contributed by atoms with van der Waals surface area (Å²) in [5.74, 6) is -0.0168. The van der Waals surface area contributed by atoms with Crippen molar-refractivity contribution in [3.8, 4) is 0 Å². The number of hydrogen-bond donors (Lipinski definition) is 0. The summed E-state index contributed by atoms with van der Waals surface area (Å²) in [5, 5.41) is 0. The number of carbonyl (C=O) groups excluding carboxylic acids is 2. The van der Waals surface area contributed by atoms with E-state index >= 15 is 0 Å². The molecule has 1 fully saturated rings. The van der Waals surface area contributed by atoms with Gasteiger partial charge in [0.1, 0.15) is 11.9 Å². The summed E-state index contributed by atoms with van der Waals surface area (Å²) < 4.78 is 5.09. The highest BCUT2D eigenvalue weighted by Crippen LogP contribution is 2.34. The van der Waals surface area contributed by atoms with Gasteiger partial charge in [0.2, 0.25) is 0 Å². The molecule has 3 nitrogen and oxygen atoms in total. The number of ketones is 1. The molecule has 3 heteroatoms. The standard InChI is InChI=1S/C10H16O3/c1-4-7(11)5-8-6-10(2,3)9(12)13-8/h8H,4-6H2,1-3H3. The summed E-state index contributed by atoms with van der Waals surface area (Å²) in [6, 6.07) is 0. The average Bonchev–Trinajstić information content (AvgIpc) is 2.25. The molecule has 1 aliphatic rings. The molecule has 1 unspecified atom stereocenters. The van der Waals surface area contributed by atoms with Crippen LogP contribution < -0.4 is 0 Å². The molecular weight excluding hydrogens is 168 g/mol. The molecule has 0 amide bonds. The largest absolute Gasteiger partial charge is 0.461 e. The third-order valence-electron chi connectivity index (χ3n) is 2.41. The number of hydrogen-bond acceptors (Lipinski definition) is 3. The van der Waals surface area contributed by atoms with Gasteiger partial charge in [0.25, 0.3) is 0 Å². The van der Waals surface area contributed by atoms with Crippen LogP contribution in [0.4, 0.5) is 0 Å². The van der Waals surface area contributed by atoms with E-state index in [1.807, 2.05) is 20.8 Å². The fourth-order valence-electron chi connectivity index (χ4n) is 1.52. The van der Waals surface area contributed by atoms with Crippen molar-refractivity contribution in [3.63, 3.8) is 0 Å². The molecule has 0 N–H and O–H groups in total. The molecule has 0 bridgehead atoms. The third kappa shape index (κ3) is 2.29. The molecule has 0 aromatic heterocycles. The minimum absolute atomic E-state index is 0.163. The molecule has 1 atom stereocenters. The maximum Gasteiger partial charge on any atom is 0.311 e. The van der Waals surface area contributed by atoms with Crippen molar-refractivity contribution < 1.29 is 14.3 Å². The Labute approximate surface area is 78.5 Å². The minimum atomic E-state index is -0.404. The second-order valence-electron chi connectivity index (χ2n) is 4.21. The zero-order valence-electron chi connectivity index (χ0n) is 8.42. The quantitative estimate of drug-likeness (QED) is 0.627. The predicted octanol–water partition coefficient (Wildman–Crippen LogP) is 1.70. The number of carbonyl (C=O) groups is 2. The van der Waals surface area contributed by atoms with Crippen LogP contribution in [0.15, 0.2) is 0 Å². The predicted molar refractivity (Wildman–Crippen MR) is 48.2 cm³/mol. The molecule has 1 heterocycles. The van der Waals surface area contributed by atoms with Crippen molar-refractivity contribution in [2.45, 2.75) is 46.1 Å². The van der Waals surface area contributed by atoms with Gasteiger partial charge in [0, 0.05) is 19.3 Å². The Balaban J connectivity index is 2.50. The Hall–Kier alpha value is -0.860. The van der Waals surface area contributed by atoms with Gasteiger partial charge in [-0.2, -0.15) is 0 Å². The number of Topliss-reactive ketones (excluding diaryl/α,β-unsaturated/α-hetero) is 1. The maximum atomic E-state index is 11.2. The second kappa shape index (κ2) is 3.48. The first-order valence-electron chi connectivity index (χ1n) is 4.68. The normalized spacial score (nSPS) is 25.8. The van der Waals surface area contributed by atoms with Crippen LogP contribution in [-0.4, -0.2) is 17.9 Å². The number of rotatable bonds is 3. The molecule has 1 aliphatic heterocycles. The first kappa shape index (κ1) is 10.2. The number of ether oxygens (including phenoxy) is 1. The molecule has 0 saturated carbocycles. The maximum absolute atomic E-state index is 11.2. The van der Waals surface area contributed by atoms with Gasteiger partial charge in [-0.3, -0.25) is 9.59 Å². The summed E-state index contributed by atoms with van der Waals surface area (Å²) in [7, 11) is 0. The van der Waals surface area contributed by atoms with E-state index in [1.54, 1.807) is 0 Å². The molecule has 0 aromatic rings. The van der Waals surface area contributed by atoms with Gasteiger partial charge in [-0.15, -0.1) is 0 Å². The van der Waals surface area contributed by atoms with E-state index in [1.165, 1.54) is 0 Å². The van der Waals surface area contributed by atoms with Gasteiger partial charge >= 0.3 is 5.97 Å². The molecule has 1 rings (SSSR count). The highest BCUT2D eigenvalue weighted by molar-refractivity contribution is 5.82. The van der Waals surface area contributed by atoms with Gasteiger partial charge in [0.05, 0.1) is 5.41 Å². The van der Waals surface area contributed by atoms with Crippen LogP contribution in [0.25, 0.3) is 0 Å². The van der Waals surface area contributed by atoms with Gasteiger partial charge in [-0.1, -0.05) is 6.92 Å². The van der Waals surface area contributed by atoms with Gasteiger partial charge in [-0.05, 0) is 13.8 Å². The summed E-state index contributed by atoms with van der Waals surface area (Å²) in [6.07, 6.45) is 1.38. The van der Waals surface area contributed by atoms with Crippen molar-refractivity contribution in [1.29, 1.82) is 0 Å². The van der Waals surface area contributed by atoms with Crippen LogP contribution in [0.1, 0.15) is 40.0 Å². The lowest BCUT2D eigenvalue weighted by molar-refractivity contribution is -0.148. The summed E-state index contributed by atoms with van der Waals surface area (Å²) in [4.78, 5) is 22.3. The molecule has 0 radical (unpaired) electrons. The summed E-state index contributed by atoms with van der Waals surface area (Å²) in [5.41, 5.74) is -0.404. The first-order valence-corrected chi connectivity index (χ1v) is 4.68. The van der Waals surface area contributed by atoms with E-state index in [9.17, 15) is 9.59 Å². The van der Waals surface area contributed by atoms with Crippen LogP contribution >= 0.6 is 0 Å².